The van der Waals surface area contributed by atoms with Crippen molar-refractivity contribution in [3.63, 3.8) is 0 Å². The number of rotatable bonds is 6. The molecule has 6 rings (SSSR count). The number of piperidine rings is 1. The van der Waals surface area contributed by atoms with Crippen molar-refractivity contribution in [1.82, 2.24) is 9.88 Å². The van der Waals surface area contributed by atoms with E-state index in [4.69, 9.17) is 17.0 Å². The SMILES string of the molecule is Cc1cc(C)cc(NC(=S)Nc2cc(C(=O)NCC3CCCO3)ccc2N2CC3CC(C2)c2cccc(=O)n2C3)c1. The van der Waals surface area contributed by atoms with Gasteiger partial charge in [0.15, 0.2) is 5.11 Å². The fraction of sp³-hybridized carbons (Fsp3) is 0.406. The smallest absolute Gasteiger partial charge is 0.251 e. The Labute approximate surface area is 246 Å². The maximum Gasteiger partial charge on any atom is 0.251 e. The number of anilines is 3. The summed E-state index contributed by atoms with van der Waals surface area (Å²) in [6, 6.07) is 17.6. The van der Waals surface area contributed by atoms with E-state index in [1.54, 1.807) is 6.07 Å². The number of thiocarbonyl (C=S) groups is 1. The van der Waals surface area contributed by atoms with Crippen LogP contribution in [-0.4, -0.2) is 47.9 Å². The molecule has 0 spiro atoms. The molecule has 3 aliphatic rings. The van der Waals surface area contributed by atoms with E-state index >= 15 is 0 Å². The summed E-state index contributed by atoms with van der Waals surface area (Å²) >= 11 is 5.75. The van der Waals surface area contributed by atoms with Gasteiger partial charge in [0.2, 0.25) is 0 Å². The molecule has 0 saturated carbocycles. The van der Waals surface area contributed by atoms with Gasteiger partial charge in [-0.25, -0.2) is 0 Å². The van der Waals surface area contributed by atoms with Gasteiger partial charge in [-0.15, -0.1) is 0 Å². The first-order chi connectivity index (χ1) is 19.8. The Hall–Kier alpha value is -3.69. The van der Waals surface area contributed by atoms with Crippen LogP contribution >= 0.6 is 12.2 Å². The number of pyridine rings is 1. The molecule has 8 nitrogen and oxygen atoms in total. The molecule has 3 unspecified atom stereocenters. The average Bonchev–Trinajstić information content (AvgIpc) is 3.45. The second-order valence-electron chi connectivity index (χ2n) is 11.6. The number of hydrogen-bond acceptors (Lipinski definition) is 5. The molecule has 4 heterocycles. The number of carbonyl (C=O) groups excluding carboxylic acids is 1. The number of hydrogen-bond donors (Lipinski definition) is 3. The highest BCUT2D eigenvalue weighted by atomic mass is 32.1. The molecule has 41 heavy (non-hydrogen) atoms. The second-order valence-corrected chi connectivity index (χ2v) is 12.0. The Morgan fingerprint density at radius 2 is 1.85 bits per heavy atom. The number of nitrogens with one attached hydrogen (secondary N) is 3. The quantitative estimate of drug-likeness (QED) is 0.366. The van der Waals surface area contributed by atoms with E-state index in [0.717, 1.165) is 79.4 Å². The Bertz CT molecular complexity index is 1510. The third kappa shape index (κ3) is 6.16. The Morgan fingerprint density at radius 3 is 2.63 bits per heavy atom. The van der Waals surface area contributed by atoms with Crippen LogP contribution in [0.15, 0.2) is 59.4 Å². The van der Waals surface area contributed by atoms with E-state index in [2.05, 4.69) is 59.0 Å². The van der Waals surface area contributed by atoms with Crippen LogP contribution in [0.3, 0.4) is 0 Å². The highest BCUT2D eigenvalue weighted by molar-refractivity contribution is 7.80. The van der Waals surface area contributed by atoms with Crippen LogP contribution < -0.4 is 26.4 Å². The fourth-order valence-electron chi connectivity index (χ4n) is 6.59. The lowest BCUT2D eigenvalue weighted by molar-refractivity contribution is 0.0858. The van der Waals surface area contributed by atoms with Crippen molar-refractivity contribution in [1.29, 1.82) is 0 Å². The maximum atomic E-state index is 13.1. The van der Waals surface area contributed by atoms with Gasteiger partial charge in [0.25, 0.3) is 11.5 Å². The number of amides is 1. The molecular formula is C32H37N5O3S. The van der Waals surface area contributed by atoms with Gasteiger partial charge in [-0.2, -0.15) is 0 Å². The summed E-state index contributed by atoms with van der Waals surface area (Å²) in [6.45, 7) is 7.72. The van der Waals surface area contributed by atoms with Gasteiger partial charge >= 0.3 is 0 Å². The normalized spacial score (nSPS) is 21.2. The monoisotopic (exact) mass is 571 g/mol. The molecule has 0 radical (unpaired) electrons. The van der Waals surface area contributed by atoms with E-state index in [1.807, 2.05) is 28.8 Å². The average molecular weight is 572 g/mol. The zero-order valence-corrected chi connectivity index (χ0v) is 24.4. The van der Waals surface area contributed by atoms with Crippen molar-refractivity contribution in [2.24, 2.45) is 5.92 Å². The van der Waals surface area contributed by atoms with Crippen molar-refractivity contribution in [2.45, 2.75) is 51.7 Å². The number of benzene rings is 2. The topological polar surface area (TPSA) is 87.6 Å². The van der Waals surface area contributed by atoms with Gasteiger partial charge in [-0.1, -0.05) is 12.1 Å². The van der Waals surface area contributed by atoms with E-state index in [1.165, 1.54) is 0 Å². The molecular weight excluding hydrogens is 534 g/mol. The zero-order chi connectivity index (χ0) is 28.5. The van der Waals surface area contributed by atoms with Crippen LogP contribution in [0.2, 0.25) is 0 Å². The summed E-state index contributed by atoms with van der Waals surface area (Å²) in [5.41, 5.74) is 6.74. The van der Waals surface area contributed by atoms with Crippen molar-refractivity contribution in [2.75, 3.05) is 41.8 Å². The van der Waals surface area contributed by atoms with E-state index < -0.39 is 0 Å². The molecule has 3 aromatic rings. The third-order valence-electron chi connectivity index (χ3n) is 8.32. The summed E-state index contributed by atoms with van der Waals surface area (Å²) in [5.74, 6) is 0.495. The minimum absolute atomic E-state index is 0.0773. The Balaban J connectivity index is 1.26. The fourth-order valence-corrected chi connectivity index (χ4v) is 6.82. The first-order valence-corrected chi connectivity index (χ1v) is 14.9. The highest BCUT2D eigenvalue weighted by Crippen LogP contribution is 2.39. The number of ether oxygens (including phenoxy) is 1. The van der Waals surface area contributed by atoms with Crippen LogP contribution in [0.25, 0.3) is 0 Å². The molecule has 2 saturated heterocycles. The lowest BCUT2D eigenvalue weighted by Crippen LogP contribution is -2.47. The molecule has 3 N–H and O–H groups in total. The molecule has 214 valence electrons. The van der Waals surface area contributed by atoms with Gasteiger partial charge in [-0.05, 0) is 98.8 Å². The van der Waals surface area contributed by atoms with Gasteiger partial charge < -0.3 is 30.2 Å². The summed E-state index contributed by atoms with van der Waals surface area (Å²) in [4.78, 5) is 28.0. The van der Waals surface area contributed by atoms with Gasteiger partial charge in [-0.3, -0.25) is 9.59 Å². The molecule has 3 atom stereocenters. The van der Waals surface area contributed by atoms with E-state index in [0.29, 0.717) is 23.1 Å². The molecule has 9 heteroatoms. The van der Waals surface area contributed by atoms with E-state index in [-0.39, 0.29) is 23.5 Å². The molecule has 2 aromatic carbocycles. The standard InChI is InChI=1S/C32H37N5O3S/c1-20-11-21(2)13-25(12-20)34-32(41)35-27-15-23(31(39)33-16-26-5-4-10-40-26)8-9-29(27)36-17-22-14-24(19-36)28-6-3-7-30(38)37(28)18-22/h3,6-9,11-13,15,22,24,26H,4-5,10,14,16-19H2,1-2H3,(H,33,39)(H2,34,35,41). The Kier molecular flexibility index (Phi) is 7.81. The largest absolute Gasteiger partial charge is 0.376 e. The number of aryl methyl sites for hydroxylation is 2. The van der Waals surface area contributed by atoms with Gasteiger partial charge in [0, 0.05) is 61.7 Å². The van der Waals surface area contributed by atoms with Crippen LogP contribution in [0.5, 0.6) is 0 Å². The van der Waals surface area contributed by atoms with Crippen LogP contribution in [-0.2, 0) is 11.3 Å². The highest BCUT2D eigenvalue weighted by Gasteiger charge is 2.35. The number of aromatic nitrogens is 1. The minimum atomic E-state index is -0.132. The first-order valence-electron chi connectivity index (χ1n) is 14.5. The third-order valence-corrected chi connectivity index (χ3v) is 8.53. The van der Waals surface area contributed by atoms with Gasteiger partial charge in [0.1, 0.15) is 0 Å². The predicted octanol–water partition coefficient (Wildman–Crippen LogP) is 4.81. The van der Waals surface area contributed by atoms with Gasteiger partial charge in [0.05, 0.1) is 17.5 Å². The second kappa shape index (κ2) is 11.7. The zero-order valence-electron chi connectivity index (χ0n) is 23.6. The number of nitrogens with zero attached hydrogens (tertiary/aromatic N) is 2. The molecule has 1 amide bonds. The minimum Gasteiger partial charge on any atom is -0.376 e. The summed E-state index contributed by atoms with van der Waals surface area (Å²) in [6.07, 6.45) is 3.15. The first kappa shape index (κ1) is 27.5. The molecule has 3 aliphatic heterocycles. The Morgan fingerprint density at radius 1 is 1.02 bits per heavy atom. The number of fused-ring (bicyclic) bond motifs is 4. The van der Waals surface area contributed by atoms with Crippen molar-refractivity contribution in [3.8, 4) is 0 Å². The summed E-state index contributed by atoms with van der Waals surface area (Å²) in [5, 5.41) is 10.2. The van der Waals surface area contributed by atoms with E-state index in [9.17, 15) is 9.59 Å². The molecule has 1 aromatic heterocycles. The molecule has 2 bridgehead atoms. The van der Waals surface area contributed by atoms with Crippen molar-refractivity contribution < 1.29 is 9.53 Å². The lowest BCUT2D eigenvalue weighted by atomic mass is 9.83. The van der Waals surface area contributed by atoms with Crippen molar-refractivity contribution >= 4 is 40.3 Å². The summed E-state index contributed by atoms with van der Waals surface area (Å²) in [7, 11) is 0. The van der Waals surface area contributed by atoms with Crippen LogP contribution in [0.4, 0.5) is 17.1 Å². The van der Waals surface area contributed by atoms with Crippen LogP contribution in [0, 0.1) is 19.8 Å². The summed E-state index contributed by atoms with van der Waals surface area (Å²) < 4.78 is 7.62. The molecule has 2 fully saturated rings. The predicted molar refractivity (Wildman–Crippen MR) is 167 cm³/mol. The lowest BCUT2D eigenvalue weighted by Gasteiger charge is -2.44. The van der Waals surface area contributed by atoms with Crippen molar-refractivity contribution in [3.05, 3.63) is 87.3 Å². The maximum absolute atomic E-state index is 13.1. The van der Waals surface area contributed by atoms with Crippen LogP contribution in [0.1, 0.15) is 52.4 Å². The molecule has 0 aliphatic carbocycles. The number of carbonyl (C=O) groups is 1.